The molecular weight excluding hydrogens is 398 g/mol. The van der Waals surface area contributed by atoms with Crippen molar-refractivity contribution < 1.29 is 23.9 Å². The van der Waals surface area contributed by atoms with E-state index >= 15 is 0 Å². The van der Waals surface area contributed by atoms with Gasteiger partial charge in [-0.15, -0.1) is 0 Å². The number of primary amides is 1. The maximum atomic E-state index is 11.7. The van der Waals surface area contributed by atoms with E-state index in [1.165, 1.54) is 6.08 Å². The third kappa shape index (κ3) is 11.8. The van der Waals surface area contributed by atoms with Crippen molar-refractivity contribution in [1.29, 1.82) is 0 Å². The van der Waals surface area contributed by atoms with E-state index in [9.17, 15) is 14.4 Å². The molecule has 3 atom stereocenters. The number of carbonyl (C=O) groups is 3. The van der Waals surface area contributed by atoms with E-state index in [0.29, 0.717) is 23.8 Å². The van der Waals surface area contributed by atoms with Crippen LogP contribution in [-0.4, -0.2) is 44.4 Å². The van der Waals surface area contributed by atoms with E-state index in [2.05, 4.69) is 5.32 Å². The van der Waals surface area contributed by atoms with Gasteiger partial charge in [-0.3, -0.25) is 9.59 Å². The number of ether oxygens (including phenoxy) is 2. The molecule has 2 amide bonds. The molecule has 174 valence electrons. The Morgan fingerprint density at radius 3 is 2.03 bits per heavy atom. The molecule has 0 saturated heterocycles. The molecule has 0 spiro atoms. The Labute approximate surface area is 185 Å². The van der Waals surface area contributed by atoms with Gasteiger partial charge in [-0.1, -0.05) is 34.1 Å². The first-order valence-electron chi connectivity index (χ1n) is 10.3. The highest BCUT2D eigenvalue weighted by Gasteiger charge is 2.22. The fourth-order valence-electron chi connectivity index (χ4n) is 2.55. The summed E-state index contributed by atoms with van der Waals surface area (Å²) in [6.07, 6.45) is 5.18. The van der Waals surface area contributed by atoms with Gasteiger partial charge in [-0.25, -0.2) is 0 Å². The summed E-state index contributed by atoms with van der Waals surface area (Å²) < 4.78 is 10.1. The SMILES string of the molecule is CC[C@H](C)[C@H](N)C(=O)N[C@H](C=O)CC(C)C.COc1cc(C=CC(N)=O)cc(OC)c1. The van der Waals surface area contributed by atoms with Crippen LogP contribution in [0, 0.1) is 11.8 Å². The molecule has 0 saturated carbocycles. The van der Waals surface area contributed by atoms with Crippen LogP contribution in [-0.2, 0) is 14.4 Å². The highest BCUT2D eigenvalue weighted by molar-refractivity contribution is 5.90. The first-order chi connectivity index (χ1) is 14.6. The van der Waals surface area contributed by atoms with E-state index in [-0.39, 0.29) is 11.8 Å². The number of amides is 2. The number of aldehydes is 1. The van der Waals surface area contributed by atoms with Crippen LogP contribution in [0.1, 0.15) is 46.1 Å². The molecule has 1 aromatic carbocycles. The first kappa shape index (κ1) is 28.1. The molecule has 0 aliphatic carbocycles. The van der Waals surface area contributed by atoms with Crippen molar-refractivity contribution in [1.82, 2.24) is 5.32 Å². The summed E-state index contributed by atoms with van der Waals surface area (Å²) in [6.45, 7) is 7.94. The summed E-state index contributed by atoms with van der Waals surface area (Å²) in [5, 5.41) is 2.68. The van der Waals surface area contributed by atoms with Gasteiger partial charge in [-0.2, -0.15) is 0 Å². The van der Waals surface area contributed by atoms with Crippen LogP contribution in [0.15, 0.2) is 24.3 Å². The molecule has 0 radical (unpaired) electrons. The lowest BCUT2D eigenvalue weighted by atomic mass is 9.98. The van der Waals surface area contributed by atoms with Crippen molar-refractivity contribution in [2.24, 2.45) is 23.3 Å². The van der Waals surface area contributed by atoms with Gasteiger partial charge in [0, 0.05) is 12.1 Å². The molecule has 0 heterocycles. The topological polar surface area (TPSA) is 134 Å². The zero-order valence-electron chi connectivity index (χ0n) is 19.4. The number of nitrogens with one attached hydrogen (secondary N) is 1. The zero-order valence-corrected chi connectivity index (χ0v) is 19.4. The summed E-state index contributed by atoms with van der Waals surface area (Å²) in [7, 11) is 3.13. The van der Waals surface area contributed by atoms with E-state index < -0.39 is 18.0 Å². The minimum Gasteiger partial charge on any atom is -0.497 e. The zero-order chi connectivity index (χ0) is 24.0. The summed E-state index contributed by atoms with van der Waals surface area (Å²) in [4.78, 5) is 33.0. The lowest BCUT2D eigenvalue weighted by Gasteiger charge is -2.21. The van der Waals surface area contributed by atoms with Gasteiger partial charge in [-0.05, 0) is 42.0 Å². The molecule has 1 aromatic rings. The second kappa shape index (κ2) is 15.0. The fraction of sp³-hybridized carbons (Fsp3) is 0.522. The van der Waals surface area contributed by atoms with Crippen LogP contribution in [0.25, 0.3) is 6.08 Å². The summed E-state index contributed by atoms with van der Waals surface area (Å²) >= 11 is 0. The van der Waals surface area contributed by atoms with Gasteiger partial charge in [0.05, 0.1) is 26.3 Å². The molecule has 8 nitrogen and oxygen atoms in total. The van der Waals surface area contributed by atoms with E-state index in [4.69, 9.17) is 20.9 Å². The predicted octanol–water partition coefficient (Wildman–Crippen LogP) is 2.29. The summed E-state index contributed by atoms with van der Waals surface area (Å²) in [6, 6.07) is 4.37. The Hall–Kier alpha value is -2.87. The quantitative estimate of drug-likeness (QED) is 0.361. The van der Waals surface area contributed by atoms with Gasteiger partial charge < -0.3 is 31.1 Å². The maximum absolute atomic E-state index is 11.7. The molecule has 8 heteroatoms. The van der Waals surface area contributed by atoms with Gasteiger partial charge in [0.15, 0.2) is 0 Å². The van der Waals surface area contributed by atoms with Crippen LogP contribution < -0.4 is 26.3 Å². The van der Waals surface area contributed by atoms with Crippen LogP contribution in [0.3, 0.4) is 0 Å². The highest BCUT2D eigenvalue weighted by atomic mass is 16.5. The molecule has 0 aromatic heterocycles. The van der Waals surface area contributed by atoms with Crippen molar-refractivity contribution in [2.45, 2.75) is 52.6 Å². The summed E-state index contributed by atoms with van der Waals surface area (Å²) in [5.74, 6) is 1.11. The Morgan fingerprint density at radius 1 is 1.10 bits per heavy atom. The highest BCUT2D eigenvalue weighted by Crippen LogP contribution is 2.23. The second-order valence-corrected chi connectivity index (χ2v) is 7.67. The Kier molecular flexibility index (Phi) is 13.6. The number of methoxy groups -OCH3 is 2. The number of benzene rings is 1. The minimum absolute atomic E-state index is 0.131. The molecule has 0 bridgehead atoms. The molecule has 0 aliphatic heterocycles. The van der Waals surface area contributed by atoms with Crippen molar-refractivity contribution in [3.63, 3.8) is 0 Å². The van der Waals surface area contributed by atoms with Crippen molar-refractivity contribution in [2.75, 3.05) is 14.2 Å². The number of carbonyl (C=O) groups excluding carboxylic acids is 3. The van der Waals surface area contributed by atoms with Gasteiger partial charge in [0.2, 0.25) is 11.8 Å². The van der Waals surface area contributed by atoms with E-state index in [1.54, 1.807) is 38.5 Å². The van der Waals surface area contributed by atoms with Crippen LogP contribution in [0.4, 0.5) is 0 Å². The van der Waals surface area contributed by atoms with Crippen LogP contribution >= 0.6 is 0 Å². The van der Waals surface area contributed by atoms with Crippen molar-refractivity contribution in [3.05, 3.63) is 29.8 Å². The maximum Gasteiger partial charge on any atom is 0.241 e. The molecular formula is C23H37N3O5. The lowest BCUT2D eigenvalue weighted by molar-refractivity contribution is -0.126. The molecule has 5 N–H and O–H groups in total. The van der Waals surface area contributed by atoms with Crippen molar-refractivity contribution in [3.8, 4) is 11.5 Å². The van der Waals surface area contributed by atoms with E-state index in [1.807, 2.05) is 27.7 Å². The second-order valence-electron chi connectivity index (χ2n) is 7.67. The molecule has 0 unspecified atom stereocenters. The standard InChI is InChI=1S/C12H24N2O2.C11H13NO3/c1-5-9(4)11(13)12(16)14-10(7-15)6-8(2)3;1-14-9-5-8(3-4-11(12)13)6-10(7-9)15-2/h7-11H,5-6,13H2,1-4H3,(H,14,16);3-7H,1-2H3,(H2,12,13)/t9-,10-,11-;/m0./s1. The van der Waals surface area contributed by atoms with Crippen LogP contribution in [0.5, 0.6) is 11.5 Å². The number of hydrogen-bond acceptors (Lipinski definition) is 6. The first-order valence-corrected chi connectivity index (χ1v) is 10.3. The average Bonchev–Trinajstić information content (AvgIpc) is 2.75. The average molecular weight is 436 g/mol. The van der Waals surface area contributed by atoms with Crippen molar-refractivity contribution >= 4 is 24.2 Å². The Morgan fingerprint density at radius 2 is 1.65 bits per heavy atom. The predicted molar refractivity (Wildman–Crippen MR) is 123 cm³/mol. The molecule has 0 fully saturated rings. The third-order valence-corrected chi connectivity index (χ3v) is 4.59. The van der Waals surface area contributed by atoms with Gasteiger partial charge in [0.1, 0.15) is 17.8 Å². The Bertz CT molecular complexity index is 712. The smallest absolute Gasteiger partial charge is 0.241 e. The monoisotopic (exact) mass is 435 g/mol. The normalized spacial score (nSPS) is 13.5. The third-order valence-electron chi connectivity index (χ3n) is 4.59. The summed E-state index contributed by atoms with van der Waals surface area (Å²) in [5.41, 5.74) is 11.6. The van der Waals surface area contributed by atoms with Crippen LogP contribution in [0.2, 0.25) is 0 Å². The molecule has 31 heavy (non-hydrogen) atoms. The number of nitrogens with two attached hydrogens (primary N) is 2. The van der Waals surface area contributed by atoms with Gasteiger partial charge >= 0.3 is 0 Å². The largest absolute Gasteiger partial charge is 0.497 e. The molecule has 1 rings (SSSR count). The Balaban J connectivity index is 0.000000581. The lowest BCUT2D eigenvalue weighted by Crippen LogP contribution is -2.49. The van der Waals surface area contributed by atoms with Gasteiger partial charge in [0.25, 0.3) is 0 Å². The minimum atomic E-state index is -0.528. The fourth-order valence-corrected chi connectivity index (χ4v) is 2.55. The number of hydrogen-bond donors (Lipinski definition) is 3. The molecule has 0 aliphatic rings. The number of rotatable bonds is 11. The van der Waals surface area contributed by atoms with E-state index in [0.717, 1.165) is 18.3 Å².